The molecule has 20 heavy (non-hydrogen) atoms. The molecule has 0 bridgehead atoms. The highest BCUT2D eigenvalue weighted by molar-refractivity contribution is 9.10. The number of hydrogen-bond acceptors (Lipinski definition) is 2. The molecule has 2 N–H and O–H groups in total. The molecule has 1 unspecified atom stereocenters. The second-order valence-electron chi connectivity index (χ2n) is 4.99. The fraction of sp³-hybridized carbons (Fsp3) is 0.250. The highest BCUT2D eigenvalue weighted by Crippen LogP contribution is 2.26. The van der Waals surface area contributed by atoms with Crippen LogP contribution in [-0.2, 0) is 6.54 Å². The third-order valence-corrected chi connectivity index (χ3v) is 4.53. The minimum Gasteiger partial charge on any atom is -0.399 e. The highest BCUT2D eigenvalue weighted by atomic mass is 79.9. The van der Waals surface area contributed by atoms with Crippen molar-refractivity contribution in [3.63, 3.8) is 0 Å². The van der Waals surface area contributed by atoms with E-state index in [1.54, 1.807) is 0 Å². The first kappa shape index (κ1) is 15.4. The number of nitrogens with zero attached hydrogens (tertiary/aromatic N) is 1. The maximum atomic E-state index is 5.93. The topological polar surface area (TPSA) is 29.3 Å². The van der Waals surface area contributed by atoms with Crippen molar-refractivity contribution < 1.29 is 0 Å². The van der Waals surface area contributed by atoms with Gasteiger partial charge in [0, 0.05) is 27.8 Å². The van der Waals surface area contributed by atoms with Crippen molar-refractivity contribution in [3.05, 3.63) is 63.1 Å². The van der Waals surface area contributed by atoms with Gasteiger partial charge in [0.15, 0.2) is 0 Å². The van der Waals surface area contributed by atoms with Gasteiger partial charge in [-0.2, -0.15) is 0 Å². The van der Waals surface area contributed by atoms with Gasteiger partial charge >= 0.3 is 0 Å². The lowest BCUT2D eigenvalue weighted by Gasteiger charge is -2.25. The van der Waals surface area contributed by atoms with E-state index in [2.05, 4.69) is 46.9 Å². The molecule has 0 aliphatic carbocycles. The number of benzene rings is 2. The van der Waals surface area contributed by atoms with E-state index in [1.165, 1.54) is 11.1 Å². The number of rotatable bonds is 4. The van der Waals surface area contributed by atoms with Crippen LogP contribution in [0.1, 0.15) is 24.1 Å². The first-order valence-electron chi connectivity index (χ1n) is 6.47. The molecule has 0 spiro atoms. The lowest BCUT2D eigenvalue weighted by atomic mass is 10.1. The summed E-state index contributed by atoms with van der Waals surface area (Å²) in [5, 5.41) is 0.766. The summed E-state index contributed by atoms with van der Waals surface area (Å²) in [4.78, 5) is 2.28. The van der Waals surface area contributed by atoms with Crippen molar-refractivity contribution in [2.75, 3.05) is 12.8 Å². The molecule has 2 nitrogen and oxygen atoms in total. The Morgan fingerprint density at radius 3 is 2.50 bits per heavy atom. The zero-order valence-corrected chi connectivity index (χ0v) is 13.9. The van der Waals surface area contributed by atoms with Crippen LogP contribution in [0.5, 0.6) is 0 Å². The molecule has 2 rings (SSSR count). The minimum atomic E-state index is 0.306. The van der Waals surface area contributed by atoms with Crippen LogP contribution in [0.4, 0.5) is 5.69 Å². The van der Waals surface area contributed by atoms with Crippen LogP contribution in [0.25, 0.3) is 0 Å². The van der Waals surface area contributed by atoms with Gasteiger partial charge in [0.05, 0.1) is 0 Å². The summed E-state index contributed by atoms with van der Waals surface area (Å²) in [5.41, 5.74) is 9.08. The molecule has 106 valence electrons. The molecule has 4 heteroatoms. The Labute approximate surface area is 133 Å². The number of anilines is 1. The van der Waals surface area contributed by atoms with Gasteiger partial charge in [0.2, 0.25) is 0 Å². The first-order valence-corrected chi connectivity index (χ1v) is 7.64. The molecule has 0 aromatic heterocycles. The lowest BCUT2D eigenvalue weighted by molar-refractivity contribution is 0.252. The van der Waals surface area contributed by atoms with Gasteiger partial charge in [0.1, 0.15) is 0 Å². The van der Waals surface area contributed by atoms with Crippen molar-refractivity contribution in [2.24, 2.45) is 0 Å². The number of halogens is 2. The van der Waals surface area contributed by atoms with Gasteiger partial charge in [-0.25, -0.2) is 0 Å². The molecule has 2 aromatic carbocycles. The molecule has 0 aliphatic heterocycles. The minimum absolute atomic E-state index is 0.306. The zero-order valence-electron chi connectivity index (χ0n) is 11.6. The predicted octanol–water partition coefficient (Wildman–Crippen LogP) is 4.88. The fourth-order valence-corrected chi connectivity index (χ4v) is 2.62. The van der Waals surface area contributed by atoms with Crippen LogP contribution in [0.3, 0.4) is 0 Å². The van der Waals surface area contributed by atoms with Gasteiger partial charge in [-0.05, 0) is 55.4 Å². The van der Waals surface area contributed by atoms with Crippen LogP contribution in [0.15, 0.2) is 46.9 Å². The van der Waals surface area contributed by atoms with E-state index >= 15 is 0 Å². The van der Waals surface area contributed by atoms with Crippen molar-refractivity contribution in [1.82, 2.24) is 4.90 Å². The number of nitrogen functional groups attached to an aromatic ring is 1. The average Bonchev–Trinajstić information content (AvgIpc) is 2.43. The van der Waals surface area contributed by atoms with Crippen LogP contribution < -0.4 is 5.73 Å². The Kier molecular flexibility index (Phi) is 5.08. The molecule has 0 amide bonds. The van der Waals surface area contributed by atoms with Crippen molar-refractivity contribution in [1.29, 1.82) is 0 Å². The van der Waals surface area contributed by atoms with Gasteiger partial charge < -0.3 is 5.73 Å². The van der Waals surface area contributed by atoms with E-state index in [-0.39, 0.29) is 0 Å². The van der Waals surface area contributed by atoms with Gasteiger partial charge in [-0.15, -0.1) is 0 Å². The van der Waals surface area contributed by atoms with Crippen molar-refractivity contribution >= 4 is 33.2 Å². The smallest absolute Gasteiger partial charge is 0.0406 e. The number of hydrogen-bond donors (Lipinski definition) is 1. The van der Waals surface area contributed by atoms with E-state index in [4.69, 9.17) is 17.3 Å². The van der Waals surface area contributed by atoms with Gasteiger partial charge in [-0.1, -0.05) is 39.7 Å². The second-order valence-corrected chi connectivity index (χ2v) is 6.28. The highest BCUT2D eigenvalue weighted by Gasteiger charge is 2.13. The Morgan fingerprint density at radius 2 is 1.85 bits per heavy atom. The maximum Gasteiger partial charge on any atom is 0.0406 e. The SMILES string of the molecule is CC(c1ccc(Cl)cc1)N(C)Cc1cc(N)ccc1Br. The Balaban J connectivity index is 2.13. The van der Waals surface area contributed by atoms with Crippen LogP contribution in [0.2, 0.25) is 5.02 Å². The summed E-state index contributed by atoms with van der Waals surface area (Å²) in [7, 11) is 2.11. The Morgan fingerprint density at radius 1 is 1.20 bits per heavy atom. The molecule has 0 aliphatic rings. The average molecular weight is 354 g/mol. The van der Waals surface area contributed by atoms with E-state index in [1.807, 2.05) is 30.3 Å². The molecular weight excluding hydrogens is 336 g/mol. The fourth-order valence-electron chi connectivity index (χ4n) is 2.12. The van der Waals surface area contributed by atoms with Gasteiger partial charge in [0.25, 0.3) is 0 Å². The lowest BCUT2D eigenvalue weighted by Crippen LogP contribution is -2.22. The second kappa shape index (κ2) is 6.61. The summed E-state index contributed by atoms with van der Waals surface area (Å²) < 4.78 is 1.09. The van der Waals surface area contributed by atoms with E-state index in [9.17, 15) is 0 Å². The summed E-state index contributed by atoms with van der Waals surface area (Å²) in [5.74, 6) is 0. The predicted molar refractivity (Wildman–Crippen MR) is 89.9 cm³/mol. The molecule has 0 radical (unpaired) electrons. The van der Waals surface area contributed by atoms with Crippen LogP contribution >= 0.6 is 27.5 Å². The van der Waals surface area contributed by atoms with Crippen molar-refractivity contribution in [3.8, 4) is 0 Å². The largest absolute Gasteiger partial charge is 0.399 e. The summed E-state index contributed by atoms with van der Waals surface area (Å²) >= 11 is 9.50. The first-order chi connectivity index (χ1) is 9.47. The third-order valence-electron chi connectivity index (χ3n) is 3.50. The molecule has 2 aromatic rings. The van der Waals surface area contributed by atoms with Crippen molar-refractivity contribution in [2.45, 2.75) is 19.5 Å². The molecule has 0 fully saturated rings. The molecule has 1 atom stereocenters. The maximum absolute atomic E-state index is 5.93. The van der Waals surface area contributed by atoms with E-state index in [0.29, 0.717) is 6.04 Å². The summed E-state index contributed by atoms with van der Waals surface area (Å²) in [6.45, 7) is 3.01. The van der Waals surface area contributed by atoms with Crippen LogP contribution in [-0.4, -0.2) is 11.9 Å². The summed E-state index contributed by atoms with van der Waals surface area (Å²) in [6, 6.07) is 14.2. The molecular formula is C16H18BrClN2. The summed E-state index contributed by atoms with van der Waals surface area (Å²) in [6.07, 6.45) is 0. The van der Waals surface area contributed by atoms with Gasteiger partial charge in [-0.3, -0.25) is 4.90 Å². The zero-order chi connectivity index (χ0) is 14.7. The normalized spacial score (nSPS) is 12.7. The molecule has 0 saturated carbocycles. The molecule has 0 heterocycles. The van der Waals surface area contributed by atoms with E-state index in [0.717, 1.165) is 21.7 Å². The monoisotopic (exact) mass is 352 g/mol. The number of nitrogens with two attached hydrogens (primary N) is 1. The standard InChI is InChI=1S/C16H18BrClN2/c1-11(12-3-5-14(18)6-4-12)20(2)10-13-9-15(19)7-8-16(13)17/h3-9,11H,10,19H2,1-2H3. The Bertz CT molecular complexity index is 584. The quantitative estimate of drug-likeness (QED) is 0.794. The van der Waals surface area contributed by atoms with E-state index < -0.39 is 0 Å². The third kappa shape index (κ3) is 3.75. The Hall–Kier alpha value is -1.03. The van der Waals surface area contributed by atoms with Crippen LogP contribution in [0, 0.1) is 0 Å². The molecule has 0 saturated heterocycles.